The van der Waals surface area contributed by atoms with E-state index in [2.05, 4.69) is 0 Å². The van der Waals surface area contributed by atoms with Gasteiger partial charge in [0.05, 0.1) is 0 Å². The Labute approximate surface area is 82.8 Å². The Bertz CT molecular complexity index is 378. The smallest absolute Gasteiger partial charge is 0.245 e. The van der Waals surface area contributed by atoms with E-state index in [1.807, 2.05) is 0 Å². The molecule has 74 valence electrons. The van der Waals surface area contributed by atoms with Crippen LogP contribution in [0.25, 0.3) is 6.08 Å². The second kappa shape index (κ2) is 4.28. The second-order valence-corrected chi connectivity index (χ2v) is 2.81. The minimum atomic E-state index is -1.54. The zero-order chi connectivity index (χ0) is 10.7. The topological polar surface area (TPSA) is 17.1 Å². The molecule has 0 aliphatic heterocycles. The third-order valence-corrected chi connectivity index (χ3v) is 1.54. The third-order valence-electron chi connectivity index (χ3n) is 1.41. The van der Waals surface area contributed by atoms with Crippen LogP contribution in [0.2, 0.25) is 0 Å². The minimum Gasteiger partial charge on any atom is -0.276 e. The van der Waals surface area contributed by atoms with Gasteiger partial charge in [0, 0.05) is 0 Å². The Balaban J connectivity index is 3.07. The van der Waals surface area contributed by atoms with Gasteiger partial charge in [0.1, 0.15) is 0 Å². The van der Waals surface area contributed by atoms with E-state index in [4.69, 9.17) is 11.6 Å². The van der Waals surface area contributed by atoms with Gasteiger partial charge >= 0.3 is 0 Å². The van der Waals surface area contributed by atoms with Gasteiger partial charge in [-0.3, -0.25) is 4.79 Å². The highest BCUT2D eigenvalue weighted by atomic mass is 35.5. The Morgan fingerprint density at radius 1 is 1.21 bits per heavy atom. The molecule has 0 saturated carbocycles. The van der Waals surface area contributed by atoms with Crippen LogP contribution in [0.5, 0.6) is 0 Å². The molecule has 0 aliphatic carbocycles. The number of carbonyl (C=O) groups excluding carboxylic acids is 1. The second-order valence-electron chi connectivity index (χ2n) is 2.44. The van der Waals surface area contributed by atoms with Gasteiger partial charge < -0.3 is 0 Å². The van der Waals surface area contributed by atoms with Crippen molar-refractivity contribution in [3.05, 3.63) is 41.2 Å². The number of hydrogen-bond acceptors (Lipinski definition) is 1. The molecule has 0 amide bonds. The summed E-state index contributed by atoms with van der Waals surface area (Å²) in [5.74, 6) is -4.17. The summed E-state index contributed by atoms with van der Waals surface area (Å²) in [6.07, 6.45) is 1.99. The van der Waals surface area contributed by atoms with Gasteiger partial charge in [0.2, 0.25) is 5.24 Å². The van der Waals surface area contributed by atoms with Crippen LogP contribution in [0.1, 0.15) is 5.56 Å². The summed E-state index contributed by atoms with van der Waals surface area (Å²) >= 11 is 4.95. The van der Waals surface area contributed by atoms with Crippen molar-refractivity contribution in [2.24, 2.45) is 0 Å². The van der Waals surface area contributed by atoms with Crippen LogP contribution in [-0.4, -0.2) is 5.24 Å². The Morgan fingerprint density at radius 3 is 2.14 bits per heavy atom. The highest BCUT2D eigenvalue weighted by molar-refractivity contribution is 6.66. The molecule has 14 heavy (non-hydrogen) atoms. The number of benzene rings is 1. The molecule has 0 bridgehead atoms. The molecule has 0 aromatic heterocycles. The normalized spacial score (nSPS) is 10.9. The van der Waals surface area contributed by atoms with Crippen LogP contribution in [0.3, 0.4) is 0 Å². The Morgan fingerprint density at radius 2 is 1.71 bits per heavy atom. The summed E-state index contributed by atoms with van der Waals surface area (Å²) in [6.45, 7) is 0. The molecule has 0 N–H and O–H groups in total. The third kappa shape index (κ3) is 2.60. The van der Waals surface area contributed by atoms with Gasteiger partial charge in [-0.1, -0.05) is 0 Å². The van der Waals surface area contributed by atoms with Crippen molar-refractivity contribution in [3.8, 4) is 0 Å². The predicted molar refractivity (Wildman–Crippen MR) is 46.2 cm³/mol. The first kappa shape index (κ1) is 10.8. The molecule has 5 heteroatoms. The lowest BCUT2D eigenvalue weighted by Gasteiger charge is -1.97. The van der Waals surface area contributed by atoms with E-state index in [1.54, 1.807) is 0 Å². The number of hydrogen-bond donors (Lipinski definition) is 0. The van der Waals surface area contributed by atoms with Crippen LogP contribution < -0.4 is 0 Å². The van der Waals surface area contributed by atoms with Crippen LogP contribution in [0, 0.1) is 17.5 Å². The SMILES string of the molecule is O=C(Cl)C=Cc1cc(F)c(F)c(F)c1. The van der Waals surface area contributed by atoms with E-state index >= 15 is 0 Å². The van der Waals surface area contributed by atoms with Crippen LogP contribution in [0.15, 0.2) is 18.2 Å². The van der Waals surface area contributed by atoms with Crippen molar-refractivity contribution in [3.63, 3.8) is 0 Å². The van der Waals surface area contributed by atoms with Crippen molar-refractivity contribution in [2.75, 3.05) is 0 Å². The highest BCUT2D eigenvalue weighted by Crippen LogP contribution is 2.14. The van der Waals surface area contributed by atoms with Gasteiger partial charge in [0.15, 0.2) is 17.5 Å². The molecule has 0 heterocycles. The van der Waals surface area contributed by atoms with Crippen molar-refractivity contribution < 1.29 is 18.0 Å². The van der Waals surface area contributed by atoms with Gasteiger partial charge in [-0.25, -0.2) is 13.2 Å². The first-order valence-electron chi connectivity index (χ1n) is 3.53. The maximum atomic E-state index is 12.6. The average Bonchev–Trinajstić information content (AvgIpc) is 2.10. The van der Waals surface area contributed by atoms with Gasteiger partial charge in [-0.05, 0) is 41.4 Å². The summed E-state index contributed by atoms with van der Waals surface area (Å²) in [6, 6.07) is 1.52. The molecule has 0 spiro atoms. The first-order valence-corrected chi connectivity index (χ1v) is 3.90. The fourth-order valence-electron chi connectivity index (χ4n) is 0.833. The van der Waals surface area contributed by atoms with Crippen molar-refractivity contribution in [1.82, 2.24) is 0 Å². The number of halogens is 4. The summed E-state index contributed by atoms with van der Waals surface area (Å²) in [5, 5.41) is -0.782. The zero-order valence-corrected chi connectivity index (χ0v) is 7.49. The molecule has 0 aliphatic rings. The average molecular weight is 221 g/mol. The maximum Gasteiger partial charge on any atom is 0.245 e. The zero-order valence-electron chi connectivity index (χ0n) is 6.73. The van der Waals surface area contributed by atoms with E-state index in [1.165, 1.54) is 0 Å². The fraction of sp³-hybridized carbons (Fsp3) is 0. The molecule has 1 nitrogen and oxygen atoms in total. The molecule has 1 aromatic rings. The first-order chi connectivity index (χ1) is 6.50. The van der Waals surface area contributed by atoms with Gasteiger partial charge in [-0.2, -0.15) is 0 Å². The van der Waals surface area contributed by atoms with Crippen LogP contribution in [-0.2, 0) is 4.79 Å². The summed E-state index contributed by atoms with van der Waals surface area (Å²) in [5.41, 5.74) is 0.0235. The molecular formula is C9H4ClF3O. The molecule has 0 atom stereocenters. The summed E-state index contributed by atoms with van der Waals surface area (Å²) in [7, 11) is 0. The van der Waals surface area contributed by atoms with E-state index in [0.717, 1.165) is 24.3 Å². The van der Waals surface area contributed by atoms with Crippen LogP contribution >= 0.6 is 11.6 Å². The van der Waals surface area contributed by atoms with Crippen molar-refractivity contribution in [2.45, 2.75) is 0 Å². The maximum absolute atomic E-state index is 12.6. The lowest BCUT2D eigenvalue weighted by atomic mass is 10.2. The van der Waals surface area contributed by atoms with Crippen LogP contribution in [0.4, 0.5) is 13.2 Å². The minimum absolute atomic E-state index is 0.0235. The molecule has 1 rings (SSSR count). The quantitative estimate of drug-likeness (QED) is 0.426. The largest absolute Gasteiger partial charge is 0.276 e. The lowest BCUT2D eigenvalue weighted by molar-refractivity contribution is -0.107. The van der Waals surface area contributed by atoms with Crippen molar-refractivity contribution >= 4 is 22.9 Å². The molecule has 0 fully saturated rings. The van der Waals surface area contributed by atoms with Gasteiger partial charge in [0.25, 0.3) is 0 Å². The van der Waals surface area contributed by atoms with E-state index in [-0.39, 0.29) is 5.56 Å². The summed E-state index contributed by atoms with van der Waals surface area (Å²) in [4.78, 5) is 10.3. The Kier molecular flexibility index (Phi) is 3.30. The molecule has 0 radical (unpaired) electrons. The molecule has 0 unspecified atom stereocenters. The van der Waals surface area contributed by atoms with Gasteiger partial charge in [-0.15, -0.1) is 0 Å². The molecule has 0 saturated heterocycles. The Hall–Kier alpha value is -1.29. The predicted octanol–water partition coefficient (Wildman–Crippen LogP) is 2.88. The van der Waals surface area contributed by atoms with E-state index < -0.39 is 22.7 Å². The lowest BCUT2D eigenvalue weighted by Crippen LogP contribution is -1.91. The molecular weight excluding hydrogens is 217 g/mol. The molecule has 1 aromatic carbocycles. The number of rotatable bonds is 2. The van der Waals surface area contributed by atoms with E-state index in [0.29, 0.717) is 0 Å². The van der Waals surface area contributed by atoms with E-state index in [9.17, 15) is 18.0 Å². The number of allylic oxidation sites excluding steroid dienone is 1. The fourth-order valence-corrected chi connectivity index (χ4v) is 0.896. The standard InChI is InChI=1S/C9H4ClF3O/c10-8(14)2-1-5-3-6(11)9(13)7(12)4-5/h1-4H. The van der Waals surface area contributed by atoms with Crippen molar-refractivity contribution in [1.29, 1.82) is 0 Å². The monoisotopic (exact) mass is 220 g/mol. The number of carbonyl (C=O) groups is 1. The summed E-state index contributed by atoms with van der Waals surface area (Å²) < 4.78 is 37.6. The highest BCUT2D eigenvalue weighted by Gasteiger charge is 2.08.